The van der Waals surface area contributed by atoms with Crippen LogP contribution in [-0.4, -0.2) is 6.54 Å². The fourth-order valence-electron chi connectivity index (χ4n) is 1.13. The van der Waals surface area contributed by atoms with E-state index >= 15 is 0 Å². The highest BCUT2D eigenvalue weighted by Gasteiger charge is 2.02. The van der Waals surface area contributed by atoms with Gasteiger partial charge in [-0.05, 0) is 35.8 Å². The van der Waals surface area contributed by atoms with Crippen LogP contribution in [0.1, 0.15) is 5.56 Å². The summed E-state index contributed by atoms with van der Waals surface area (Å²) in [6.07, 6.45) is 0.725. The molecule has 1 aromatic rings. The van der Waals surface area contributed by atoms with Crippen LogP contribution in [0.2, 0.25) is 5.02 Å². The largest absolute Gasteiger partial charge is 0.327 e. The Labute approximate surface area is 86.2 Å². The molecule has 14 heavy (non-hydrogen) atoms. The van der Waals surface area contributed by atoms with Gasteiger partial charge in [0, 0.05) is 11.6 Å². The maximum absolute atomic E-state index is 12.9. The van der Waals surface area contributed by atoms with Crippen molar-refractivity contribution in [1.82, 2.24) is 0 Å². The Morgan fingerprint density at radius 1 is 1.43 bits per heavy atom. The Morgan fingerprint density at radius 2 is 2.14 bits per heavy atom. The molecule has 0 aliphatic rings. The zero-order chi connectivity index (χ0) is 10.6. The smallest absolute Gasteiger partial charge is 0.124 e. The molecule has 76 valence electrons. The lowest BCUT2D eigenvalue weighted by molar-refractivity contribution is 0.625. The number of nitrogens with two attached hydrogens (primary N) is 1. The summed E-state index contributed by atoms with van der Waals surface area (Å²) in [5.74, 6) is -0.428. The third-order valence-corrected chi connectivity index (χ3v) is 1.99. The van der Waals surface area contributed by atoms with E-state index in [4.69, 9.17) is 17.3 Å². The Kier molecular flexibility index (Phi) is 4.04. The van der Waals surface area contributed by atoms with E-state index in [1.807, 2.05) is 0 Å². The second-order valence-electron chi connectivity index (χ2n) is 2.93. The summed E-state index contributed by atoms with van der Waals surface area (Å²) in [6.45, 7) is 0.116. The molecule has 1 nitrogen and oxygen atoms in total. The minimum Gasteiger partial charge on any atom is -0.327 e. The van der Waals surface area contributed by atoms with Crippen LogP contribution in [0.25, 0.3) is 0 Å². The molecule has 1 rings (SSSR count). The van der Waals surface area contributed by atoms with Gasteiger partial charge in [0.1, 0.15) is 5.82 Å². The fourth-order valence-corrected chi connectivity index (χ4v) is 1.37. The van der Waals surface area contributed by atoms with E-state index in [0.717, 1.165) is 0 Å². The highest BCUT2D eigenvalue weighted by molar-refractivity contribution is 6.30. The van der Waals surface area contributed by atoms with E-state index in [-0.39, 0.29) is 13.0 Å². The van der Waals surface area contributed by atoms with Crippen molar-refractivity contribution in [3.63, 3.8) is 0 Å². The van der Waals surface area contributed by atoms with Crippen LogP contribution >= 0.6 is 11.6 Å². The molecule has 4 heteroatoms. The molecule has 0 aromatic heterocycles. The zero-order valence-corrected chi connectivity index (χ0v) is 8.19. The number of rotatable bonds is 3. The van der Waals surface area contributed by atoms with Crippen molar-refractivity contribution in [2.75, 3.05) is 6.54 Å². The number of halogens is 3. The Morgan fingerprint density at radius 3 is 2.64 bits per heavy atom. The van der Waals surface area contributed by atoms with Gasteiger partial charge in [0.25, 0.3) is 0 Å². The predicted octanol–water partition coefficient (Wildman–Crippen LogP) is 2.83. The van der Waals surface area contributed by atoms with Gasteiger partial charge in [-0.25, -0.2) is 8.78 Å². The molecule has 0 aliphatic heterocycles. The molecular weight excluding hydrogens is 208 g/mol. The molecule has 0 heterocycles. The van der Waals surface area contributed by atoms with Crippen molar-refractivity contribution < 1.29 is 8.78 Å². The third kappa shape index (κ3) is 3.09. The van der Waals surface area contributed by atoms with Crippen molar-refractivity contribution in [2.45, 2.75) is 6.42 Å². The lowest BCUT2D eigenvalue weighted by Crippen LogP contribution is -2.05. The van der Waals surface area contributed by atoms with E-state index in [2.05, 4.69) is 0 Å². The van der Waals surface area contributed by atoms with Crippen molar-refractivity contribution >= 4 is 11.6 Å². The van der Waals surface area contributed by atoms with Crippen LogP contribution in [0, 0.1) is 5.82 Å². The Hall–Kier alpha value is -0.930. The van der Waals surface area contributed by atoms with Gasteiger partial charge in [0.2, 0.25) is 0 Å². The van der Waals surface area contributed by atoms with Gasteiger partial charge >= 0.3 is 0 Å². The van der Waals surface area contributed by atoms with Gasteiger partial charge in [0.15, 0.2) is 0 Å². The van der Waals surface area contributed by atoms with Crippen LogP contribution in [0.5, 0.6) is 0 Å². The summed E-state index contributed by atoms with van der Waals surface area (Å²) in [4.78, 5) is 0. The normalized spacial score (nSPS) is 11.9. The van der Waals surface area contributed by atoms with Crippen LogP contribution in [0.15, 0.2) is 30.1 Å². The summed E-state index contributed by atoms with van der Waals surface area (Å²) in [7, 11) is 0. The SMILES string of the molecule is NCC(=CF)Cc1cc(F)cc(Cl)c1. The maximum Gasteiger partial charge on any atom is 0.124 e. The summed E-state index contributed by atoms with van der Waals surface area (Å²) in [6, 6.07) is 4.10. The zero-order valence-electron chi connectivity index (χ0n) is 7.43. The molecule has 0 fully saturated rings. The third-order valence-electron chi connectivity index (χ3n) is 1.77. The highest BCUT2D eigenvalue weighted by Crippen LogP contribution is 2.16. The Bertz CT molecular complexity index is 330. The molecule has 2 N–H and O–H groups in total. The van der Waals surface area contributed by atoms with Crippen molar-refractivity contribution in [3.05, 3.63) is 46.5 Å². The lowest BCUT2D eigenvalue weighted by Gasteiger charge is -2.03. The van der Waals surface area contributed by atoms with Gasteiger partial charge in [-0.1, -0.05) is 11.6 Å². The van der Waals surface area contributed by atoms with E-state index < -0.39 is 5.82 Å². The molecule has 0 amide bonds. The minimum atomic E-state index is -0.428. The topological polar surface area (TPSA) is 26.0 Å². The summed E-state index contributed by atoms with van der Waals surface area (Å²) < 4.78 is 25.0. The molecule has 0 spiro atoms. The van der Waals surface area contributed by atoms with Crippen LogP contribution in [0.4, 0.5) is 8.78 Å². The van der Waals surface area contributed by atoms with E-state index in [1.54, 1.807) is 6.07 Å². The molecule has 0 atom stereocenters. The summed E-state index contributed by atoms with van der Waals surface area (Å²) in [5.41, 5.74) is 6.30. The molecule has 0 unspecified atom stereocenters. The van der Waals surface area contributed by atoms with Crippen molar-refractivity contribution in [3.8, 4) is 0 Å². The average Bonchev–Trinajstić information content (AvgIpc) is 2.12. The average molecular weight is 218 g/mol. The first-order valence-electron chi connectivity index (χ1n) is 4.09. The second-order valence-corrected chi connectivity index (χ2v) is 3.36. The van der Waals surface area contributed by atoms with Gasteiger partial charge in [-0.2, -0.15) is 0 Å². The molecule has 0 bridgehead atoms. The fraction of sp³-hybridized carbons (Fsp3) is 0.200. The van der Waals surface area contributed by atoms with Gasteiger partial charge in [0.05, 0.1) is 6.33 Å². The first kappa shape index (κ1) is 11.1. The molecule has 0 saturated carbocycles. The quantitative estimate of drug-likeness (QED) is 0.828. The summed E-state index contributed by atoms with van der Waals surface area (Å²) >= 11 is 5.64. The number of benzene rings is 1. The van der Waals surface area contributed by atoms with Gasteiger partial charge in [-0.15, -0.1) is 0 Å². The summed E-state index contributed by atoms with van der Waals surface area (Å²) in [5, 5.41) is 0.301. The molecule has 1 aromatic carbocycles. The van der Waals surface area contributed by atoms with E-state index in [9.17, 15) is 8.78 Å². The van der Waals surface area contributed by atoms with Crippen LogP contribution in [0.3, 0.4) is 0 Å². The highest BCUT2D eigenvalue weighted by atomic mass is 35.5. The molecule has 0 aliphatic carbocycles. The lowest BCUT2D eigenvalue weighted by atomic mass is 10.1. The van der Waals surface area contributed by atoms with Gasteiger partial charge < -0.3 is 5.73 Å². The minimum absolute atomic E-state index is 0.116. The van der Waals surface area contributed by atoms with E-state index in [0.29, 0.717) is 22.5 Å². The molecule has 0 saturated heterocycles. The van der Waals surface area contributed by atoms with Crippen molar-refractivity contribution in [1.29, 1.82) is 0 Å². The predicted molar refractivity (Wildman–Crippen MR) is 53.4 cm³/mol. The first-order chi connectivity index (χ1) is 6.65. The number of hydrogen-bond donors (Lipinski definition) is 1. The van der Waals surface area contributed by atoms with Gasteiger partial charge in [-0.3, -0.25) is 0 Å². The van der Waals surface area contributed by atoms with Crippen molar-refractivity contribution in [2.24, 2.45) is 5.73 Å². The van der Waals surface area contributed by atoms with Crippen LogP contribution < -0.4 is 5.73 Å². The second kappa shape index (κ2) is 5.08. The first-order valence-corrected chi connectivity index (χ1v) is 4.46. The molecular formula is C10H10ClF2N. The molecule has 0 radical (unpaired) electrons. The number of hydrogen-bond acceptors (Lipinski definition) is 1. The van der Waals surface area contributed by atoms with Crippen LogP contribution in [-0.2, 0) is 6.42 Å². The monoisotopic (exact) mass is 217 g/mol. The standard InChI is InChI=1S/C10H10ClF2N/c11-9-2-7(3-10(13)4-9)1-8(5-12)6-14/h2-5H,1,6,14H2. The van der Waals surface area contributed by atoms with E-state index in [1.165, 1.54) is 12.1 Å². The maximum atomic E-state index is 12.9. The Balaban J connectivity index is 2.86.